The van der Waals surface area contributed by atoms with Crippen LogP contribution in [0.4, 0.5) is 4.39 Å². The first kappa shape index (κ1) is 9.89. The van der Waals surface area contributed by atoms with Gasteiger partial charge in [-0.1, -0.05) is 0 Å². The van der Waals surface area contributed by atoms with Crippen LogP contribution in [-0.2, 0) is 4.74 Å². The second-order valence-corrected chi connectivity index (χ2v) is 3.31. The largest absolute Gasteiger partial charge is 0.395 e. The van der Waals surface area contributed by atoms with Gasteiger partial charge in [0, 0.05) is 12.6 Å². The molecule has 3 atom stereocenters. The van der Waals surface area contributed by atoms with Gasteiger partial charge in [-0.15, -0.1) is 0 Å². The van der Waals surface area contributed by atoms with Crippen molar-refractivity contribution in [2.45, 2.75) is 31.8 Å². The van der Waals surface area contributed by atoms with Gasteiger partial charge in [0.1, 0.15) is 0 Å². The molecule has 1 saturated heterocycles. The van der Waals surface area contributed by atoms with Crippen LogP contribution in [0.2, 0.25) is 0 Å². The van der Waals surface area contributed by atoms with Gasteiger partial charge in [0.15, 0.2) is 6.36 Å². The fraction of sp³-hybridized carbons (Fsp3) is 1.00. The summed E-state index contributed by atoms with van der Waals surface area (Å²) < 4.78 is 17.4. The summed E-state index contributed by atoms with van der Waals surface area (Å²) in [6, 6.07) is 0.133. The zero-order valence-corrected chi connectivity index (χ0v) is 7.53. The van der Waals surface area contributed by atoms with Crippen LogP contribution in [0.1, 0.15) is 13.3 Å². The summed E-state index contributed by atoms with van der Waals surface area (Å²) in [5.41, 5.74) is 0. The number of aliphatic hydroxyl groups excluding tert-OH is 1. The van der Waals surface area contributed by atoms with E-state index in [-0.39, 0.29) is 18.8 Å². The van der Waals surface area contributed by atoms with E-state index in [1.54, 1.807) is 0 Å². The number of nitrogens with zero attached hydrogens (tertiary/aromatic N) is 1. The summed E-state index contributed by atoms with van der Waals surface area (Å²) in [7, 11) is 1.91. The molecule has 0 aromatic rings. The Hall–Kier alpha value is -0.190. The standard InChI is InChI=1S/C8H16FNO2/c1-6(9)12-8-3-7(5-11)10(2)4-8/h6-8,11H,3-5H2,1-2H3. The van der Waals surface area contributed by atoms with Crippen molar-refractivity contribution < 1.29 is 14.2 Å². The van der Waals surface area contributed by atoms with Crippen molar-refractivity contribution in [2.24, 2.45) is 0 Å². The predicted molar refractivity (Wildman–Crippen MR) is 43.6 cm³/mol. The highest BCUT2D eigenvalue weighted by Gasteiger charge is 2.30. The van der Waals surface area contributed by atoms with Gasteiger partial charge in [-0.2, -0.15) is 0 Å². The van der Waals surface area contributed by atoms with Gasteiger partial charge in [0.2, 0.25) is 0 Å². The minimum Gasteiger partial charge on any atom is -0.395 e. The van der Waals surface area contributed by atoms with Gasteiger partial charge >= 0.3 is 0 Å². The van der Waals surface area contributed by atoms with Crippen molar-refractivity contribution in [1.29, 1.82) is 0 Å². The highest BCUT2D eigenvalue weighted by molar-refractivity contribution is 4.83. The monoisotopic (exact) mass is 177 g/mol. The molecule has 3 nitrogen and oxygen atoms in total. The van der Waals surface area contributed by atoms with Crippen molar-refractivity contribution in [3.8, 4) is 0 Å². The van der Waals surface area contributed by atoms with Gasteiger partial charge in [-0.05, 0) is 20.4 Å². The number of ether oxygens (including phenoxy) is 1. The molecule has 1 aliphatic rings. The molecule has 0 amide bonds. The number of likely N-dealkylation sites (N-methyl/N-ethyl adjacent to an activating group) is 1. The van der Waals surface area contributed by atoms with Crippen LogP contribution in [0, 0.1) is 0 Å². The number of hydrogen-bond donors (Lipinski definition) is 1. The molecule has 0 saturated carbocycles. The van der Waals surface area contributed by atoms with E-state index in [1.807, 2.05) is 11.9 Å². The molecule has 1 aliphatic heterocycles. The maximum absolute atomic E-state index is 12.4. The first-order chi connectivity index (χ1) is 5.63. The lowest BCUT2D eigenvalue weighted by atomic mass is 10.2. The number of hydrogen-bond acceptors (Lipinski definition) is 3. The number of rotatable bonds is 3. The molecular weight excluding hydrogens is 161 g/mol. The number of aliphatic hydroxyl groups is 1. The molecule has 0 radical (unpaired) electrons. The summed E-state index contributed by atoms with van der Waals surface area (Å²) in [5.74, 6) is 0. The van der Waals surface area contributed by atoms with Crippen LogP contribution in [0.25, 0.3) is 0 Å². The number of likely N-dealkylation sites (tertiary alicyclic amines) is 1. The van der Waals surface area contributed by atoms with Crippen LogP contribution in [0.15, 0.2) is 0 Å². The molecule has 1 rings (SSSR count). The second-order valence-electron chi connectivity index (χ2n) is 3.31. The van der Waals surface area contributed by atoms with Crippen molar-refractivity contribution in [3.05, 3.63) is 0 Å². The summed E-state index contributed by atoms with van der Waals surface area (Å²) in [4.78, 5) is 1.99. The molecule has 0 aromatic carbocycles. The Balaban J connectivity index is 2.33. The third-order valence-corrected chi connectivity index (χ3v) is 2.24. The second kappa shape index (κ2) is 4.16. The number of halogens is 1. The zero-order chi connectivity index (χ0) is 9.14. The summed E-state index contributed by atoms with van der Waals surface area (Å²) in [6.45, 7) is 2.21. The predicted octanol–water partition coefficient (Wildman–Crippen LogP) is 0.384. The van der Waals surface area contributed by atoms with Crippen molar-refractivity contribution >= 4 is 0 Å². The summed E-state index contributed by atoms with van der Waals surface area (Å²) in [5, 5.41) is 8.90. The molecule has 0 aromatic heterocycles. The average Bonchev–Trinajstić information content (AvgIpc) is 2.29. The third-order valence-electron chi connectivity index (χ3n) is 2.24. The molecule has 12 heavy (non-hydrogen) atoms. The van der Waals surface area contributed by atoms with E-state index in [1.165, 1.54) is 6.92 Å². The lowest BCUT2D eigenvalue weighted by Gasteiger charge is -2.14. The van der Waals surface area contributed by atoms with Gasteiger partial charge < -0.3 is 9.84 Å². The van der Waals surface area contributed by atoms with Crippen LogP contribution in [0.5, 0.6) is 0 Å². The Kier molecular flexibility index (Phi) is 3.43. The maximum atomic E-state index is 12.4. The minimum absolute atomic E-state index is 0.0628. The van der Waals surface area contributed by atoms with E-state index in [0.717, 1.165) is 6.42 Å². The van der Waals surface area contributed by atoms with Crippen LogP contribution < -0.4 is 0 Å². The molecule has 3 unspecified atom stereocenters. The normalized spacial score (nSPS) is 34.0. The Morgan fingerprint density at radius 2 is 2.42 bits per heavy atom. The van der Waals surface area contributed by atoms with E-state index >= 15 is 0 Å². The number of alkyl halides is 1. The zero-order valence-electron chi connectivity index (χ0n) is 7.53. The van der Waals surface area contributed by atoms with E-state index in [2.05, 4.69) is 0 Å². The molecule has 1 fully saturated rings. The molecule has 0 spiro atoms. The molecule has 72 valence electrons. The van der Waals surface area contributed by atoms with Gasteiger partial charge in [0.25, 0.3) is 0 Å². The van der Waals surface area contributed by atoms with E-state index in [9.17, 15) is 4.39 Å². The highest BCUT2D eigenvalue weighted by atomic mass is 19.1. The Labute approximate surface area is 72.1 Å². The smallest absolute Gasteiger partial charge is 0.196 e. The van der Waals surface area contributed by atoms with Crippen LogP contribution in [-0.4, -0.2) is 48.7 Å². The Morgan fingerprint density at radius 1 is 1.75 bits per heavy atom. The van der Waals surface area contributed by atoms with Crippen LogP contribution >= 0.6 is 0 Å². The van der Waals surface area contributed by atoms with Crippen molar-refractivity contribution in [1.82, 2.24) is 4.90 Å². The highest BCUT2D eigenvalue weighted by Crippen LogP contribution is 2.19. The SMILES string of the molecule is CC(F)OC1CC(CO)N(C)C1. The van der Waals surface area contributed by atoms with Crippen molar-refractivity contribution in [2.75, 3.05) is 20.2 Å². The minimum atomic E-state index is -1.21. The van der Waals surface area contributed by atoms with E-state index in [4.69, 9.17) is 9.84 Å². The molecular formula is C8H16FNO2. The topological polar surface area (TPSA) is 32.7 Å². The first-order valence-electron chi connectivity index (χ1n) is 4.24. The average molecular weight is 177 g/mol. The lowest BCUT2D eigenvalue weighted by Crippen LogP contribution is -2.28. The third kappa shape index (κ3) is 2.40. The fourth-order valence-electron chi connectivity index (χ4n) is 1.61. The Morgan fingerprint density at radius 3 is 2.83 bits per heavy atom. The summed E-state index contributed by atoms with van der Waals surface area (Å²) in [6.07, 6.45) is -0.547. The summed E-state index contributed by atoms with van der Waals surface area (Å²) >= 11 is 0. The van der Waals surface area contributed by atoms with Gasteiger partial charge in [-0.3, -0.25) is 4.90 Å². The van der Waals surface area contributed by atoms with E-state index in [0.29, 0.717) is 6.54 Å². The van der Waals surface area contributed by atoms with Crippen molar-refractivity contribution in [3.63, 3.8) is 0 Å². The molecule has 0 aliphatic carbocycles. The van der Waals surface area contributed by atoms with Crippen LogP contribution in [0.3, 0.4) is 0 Å². The molecule has 1 heterocycles. The molecule has 4 heteroatoms. The van der Waals surface area contributed by atoms with Gasteiger partial charge in [0.05, 0.1) is 12.7 Å². The quantitative estimate of drug-likeness (QED) is 0.676. The maximum Gasteiger partial charge on any atom is 0.196 e. The lowest BCUT2D eigenvalue weighted by molar-refractivity contribution is -0.0682. The Bertz CT molecular complexity index is 143. The van der Waals surface area contributed by atoms with Gasteiger partial charge in [-0.25, -0.2) is 4.39 Å². The molecule has 1 N–H and O–H groups in total. The fourth-order valence-corrected chi connectivity index (χ4v) is 1.61. The van der Waals surface area contributed by atoms with E-state index < -0.39 is 6.36 Å². The first-order valence-corrected chi connectivity index (χ1v) is 4.24. The molecule has 0 bridgehead atoms.